The van der Waals surface area contributed by atoms with Crippen molar-refractivity contribution in [1.29, 1.82) is 0 Å². The Morgan fingerprint density at radius 2 is 2.41 bits per heavy atom. The fourth-order valence-electron chi connectivity index (χ4n) is 2.28. The van der Waals surface area contributed by atoms with Crippen molar-refractivity contribution in [2.24, 2.45) is 18.2 Å². The van der Waals surface area contributed by atoms with Crippen LogP contribution in [0.25, 0.3) is 0 Å². The van der Waals surface area contributed by atoms with Crippen molar-refractivity contribution in [2.45, 2.75) is 32.2 Å². The number of imidazole rings is 1. The van der Waals surface area contributed by atoms with E-state index in [1.54, 1.807) is 6.20 Å². The van der Waals surface area contributed by atoms with E-state index < -0.39 is 0 Å². The van der Waals surface area contributed by atoms with Crippen LogP contribution in [0.4, 0.5) is 0 Å². The van der Waals surface area contributed by atoms with Gasteiger partial charge in [0.1, 0.15) is 5.82 Å². The summed E-state index contributed by atoms with van der Waals surface area (Å²) >= 11 is 0. The normalized spacial score (nSPS) is 17.5. The third-order valence-electron chi connectivity index (χ3n) is 3.75. The predicted octanol–water partition coefficient (Wildman–Crippen LogP) is 0.555. The Hall–Kier alpha value is -1.36. The van der Waals surface area contributed by atoms with Crippen molar-refractivity contribution in [2.75, 3.05) is 6.54 Å². The number of nitrogens with one attached hydrogen (secondary N) is 1. The number of aromatic nitrogens is 2. The Balaban J connectivity index is 1.80. The minimum Gasteiger partial charge on any atom is -0.349 e. The predicted molar refractivity (Wildman–Crippen MR) is 65.0 cm³/mol. The molecule has 1 saturated carbocycles. The molecule has 0 saturated heterocycles. The molecule has 0 aromatic carbocycles. The van der Waals surface area contributed by atoms with Crippen molar-refractivity contribution in [3.05, 3.63) is 18.2 Å². The van der Waals surface area contributed by atoms with E-state index in [2.05, 4.69) is 10.3 Å². The van der Waals surface area contributed by atoms with Gasteiger partial charge in [-0.1, -0.05) is 6.42 Å². The van der Waals surface area contributed by atoms with Gasteiger partial charge in [-0.05, 0) is 24.8 Å². The highest BCUT2D eigenvalue weighted by Gasteiger charge is 2.37. The van der Waals surface area contributed by atoms with E-state index >= 15 is 0 Å². The van der Waals surface area contributed by atoms with Crippen LogP contribution in [0.3, 0.4) is 0 Å². The van der Waals surface area contributed by atoms with Gasteiger partial charge in [-0.2, -0.15) is 0 Å². The first-order chi connectivity index (χ1) is 8.15. The van der Waals surface area contributed by atoms with E-state index in [4.69, 9.17) is 5.73 Å². The number of aryl methyl sites for hydroxylation is 1. The first-order valence-corrected chi connectivity index (χ1v) is 6.08. The zero-order valence-electron chi connectivity index (χ0n) is 10.3. The second-order valence-electron chi connectivity index (χ2n) is 4.97. The highest BCUT2D eigenvalue weighted by molar-refractivity contribution is 5.76. The minimum absolute atomic E-state index is 0.0751. The average molecular weight is 236 g/mol. The second kappa shape index (κ2) is 4.87. The van der Waals surface area contributed by atoms with Crippen LogP contribution in [0, 0.1) is 5.41 Å². The molecule has 1 aromatic rings. The van der Waals surface area contributed by atoms with Crippen molar-refractivity contribution >= 4 is 5.91 Å². The van der Waals surface area contributed by atoms with Crippen LogP contribution in [0.1, 0.15) is 31.5 Å². The van der Waals surface area contributed by atoms with Crippen LogP contribution < -0.4 is 11.1 Å². The van der Waals surface area contributed by atoms with Gasteiger partial charge in [0.2, 0.25) is 5.91 Å². The fourth-order valence-corrected chi connectivity index (χ4v) is 2.28. The Labute approximate surface area is 101 Å². The molecule has 1 aliphatic carbocycles. The molecule has 0 aliphatic heterocycles. The van der Waals surface area contributed by atoms with Crippen molar-refractivity contribution < 1.29 is 4.79 Å². The van der Waals surface area contributed by atoms with Crippen LogP contribution in [-0.2, 0) is 18.4 Å². The fraction of sp³-hybridized carbons (Fsp3) is 0.667. The third kappa shape index (κ3) is 2.66. The molecule has 0 bridgehead atoms. The lowest BCUT2D eigenvalue weighted by Gasteiger charge is -2.40. The van der Waals surface area contributed by atoms with Crippen LogP contribution in [0.15, 0.2) is 12.4 Å². The molecule has 1 amide bonds. The molecule has 0 atom stereocenters. The molecular weight excluding hydrogens is 216 g/mol. The Morgan fingerprint density at radius 1 is 1.65 bits per heavy atom. The molecule has 1 fully saturated rings. The van der Waals surface area contributed by atoms with E-state index in [1.807, 2.05) is 17.8 Å². The van der Waals surface area contributed by atoms with Crippen LogP contribution in [0.5, 0.6) is 0 Å². The molecule has 0 spiro atoms. The zero-order valence-corrected chi connectivity index (χ0v) is 10.3. The van der Waals surface area contributed by atoms with Gasteiger partial charge in [0.05, 0.1) is 6.54 Å². The number of amides is 1. The number of carbonyl (C=O) groups is 1. The van der Waals surface area contributed by atoms with Crippen LogP contribution in [0.2, 0.25) is 0 Å². The average Bonchev–Trinajstić information content (AvgIpc) is 2.67. The smallest absolute Gasteiger partial charge is 0.220 e. The summed E-state index contributed by atoms with van der Waals surface area (Å²) in [4.78, 5) is 16.0. The summed E-state index contributed by atoms with van der Waals surface area (Å²) in [6, 6.07) is 0. The lowest BCUT2D eigenvalue weighted by molar-refractivity contribution is -0.124. The maximum absolute atomic E-state index is 11.8. The number of rotatable bonds is 5. The SMILES string of the molecule is Cn1ccnc1CNC(=O)CC1(CN)CCC1. The van der Waals surface area contributed by atoms with E-state index in [0.717, 1.165) is 18.7 Å². The topological polar surface area (TPSA) is 72.9 Å². The third-order valence-corrected chi connectivity index (χ3v) is 3.75. The first-order valence-electron chi connectivity index (χ1n) is 6.08. The summed E-state index contributed by atoms with van der Waals surface area (Å²) in [7, 11) is 1.92. The van der Waals surface area contributed by atoms with Gasteiger partial charge in [0.15, 0.2) is 0 Å². The molecule has 1 aromatic heterocycles. The highest BCUT2D eigenvalue weighted by atomic mass is 16.1. The van der Waals surface area contributed by atoms with Crippen molar-refractivity contribution in [1.82, 2.24) is 14.9 Å². The van der Waals surface area contributed by atoms with Gasteiger partial charge in [0.25, 0.3) is 0 Å². The molecule has 2 rings (SSSR count). The summed E-state index contributed by atoms with van der Waals surface area (Å²) in [6.45, 7) is 1.10. The Kier molecular flexibility index (Phi) is 3.47. The maximum Gasteiger partial charge on any atom is 0.220 e. The molecule has 1 heterocycles. The lowest BCUT2D eigenvalue weighted by Crippen LogP contribution is -2.41. The van der Waals surface area contributed by atoms with Crippen molar-refractivity contribution in [3.8, 4) is 0 Å². The number of nitrogens with zero attached hydrogens (tertiary/aromatic N) is 2. The molecule has 17 heavy (non-hydrogen) atoms. The van der Waals surface area contributed by atoms with Gasteiger partial charge in [-0.25, -0.2) is 4.98 Å². The molecule has 94 valence electrons. The number of hydrogen-bond acceptors (Lipinski definition) is 3. The molecular formula is C12H20N4O. The minimum atomic E-state index is 0.0751. The molecule has 0 radical (unpaired) electrons. The van der Waals surface area contributed by atoms with E-state index in [0.29, 0.717) is 19.5 Å². The summed E-state index contributed by atoms with van der Waals surface area (Å²) < 4.78 is 1.91. The van der Waals surface area contributed by atoms with Gasteiger partial charge in [0, 0.05) is 25.9 Å². The quantitative estimate of drug-likeness (QED) is 0.784. The summed E-state index contributed by atoms with van der Waals surface area (Å²) in [5.41, 5.74) is 5.81. The van der Waals surface area contributed by atoms with Gasteiger partial charge >= 0.3 is 0 Å². The largest absolute Gasteiger partial charge is 0.349 e. The molecule has 0 unspecified atom stereocenters. The maximum atomic E-state index is 11.8. The molecule has 5 nitrogen and oxygen atoms in total. The van der Waals surface area contributed by atoms with Gasteiger partial charge in [-0.3, -0.25) is 4.79 Å². The molecule has 3 N–H and O–H groups in total. The lowest BCUT2D eigenvalue weighted by atomic mass is 9.66. The highest BCUT2D eigenvalue weighted by Crippen LogP contribution is 2.42. The van der Waals surface area contributed by atoms with E-state index in [-0.39, 0.29) is 11.3 Å². The van der Waals surface area contributed by atoms with E-state index in [1.165, 1.54) is 6.42 Å². The molecule has 1 aliphatic rings. The van der Waals surface area contributed by atoms with Crippen LogP contribution >= 0.6 is 0 Å². The summed E-state index contributed by atoms with van der Waals surface area (Å²) in [5, 5.41) is 2.91. The van der Waals surface area contributed by atoms with Crippen molar-refractivity contribution in [3.63, 3.8) is 0 Å². The monoisotopic (exact) mass is 236 g/mol. The van der Waals surface area contributed by atoms with Gasteiger partial charge < -0.3 is 15.6 Å². The van der Waals surface area contributed by atoms with Crippen LogP contribution in [-0.4, -0.2) is 22.0 Å². The number of carbonyl (C=O) groups excluding carboxylic acids is 1. The van der Waals surface area contributed by atoms with E-state index in [9.17, 15) is 4.79 Å². The number of nitrogens with two attached hydrogens (primary N) is 1. The Bertz CT molecular complexity index is 389. The number of hydrogen-bond donors (Lipinski definition) is 2. The zero-order chi connectivity index (χ0) is 12.3. The summed E-state index contributed by atoms with van der Waals surface area (Å²) in [6.07, 6.45) is 7.51. The second-order valence-corrected chi connectivity index (χ2v) is 4.97. The summed E-state index contributed by atoms with van der Waals surface area (Å²) in [5.74, 6) is 0.951. The standard InChI is InChI=1S/C12H20N4O/c1-16-6-5-14-10(16)8-15-11(17)7-12(9-13)3-2-4-12/h5-6H,2-4,7-9,13H2,1H3,(H,15,17). The molecule has 5 heteroatoms. The Morgan fingerprint density at radius 3 is 2.88 bits per heavy atom. The van der Waals surface area contributed by atoms with Gasteiger partial charge in [-0.15, -0.1) is 0 Å². The first kappa shape index (κ1) is 12.1.